The first kappa shape index (κ1) is 15.9. The summed E-state index contributed by atoms with van der Waals surface area (Å²) in [6.45, 7) is 2.92. The number of nitrogens with zero attached hydrogens (tertiary/aromatic N) is 3. The van der Waals surface area contributed by atoms with Gasteiger partial charge in [-0.3, -0.25) is 0 Å². The van der Waals surface area contributed by atoms with Gasteiger partial charge in [-0.1, -0.05) is 67.7 Å². The van der Waals surface area contributed by atoms with Gasteiger partial charge < -0.3 is 0 Å². The van der Waals surface area contributed by atoms with Crippen LogP contribution in [0.15, 0.2) is 36.5 Å². The molecule has 0 amide bonds. The van der Waals surface area contributed by atoms with Crippen LogP contribution in [0.25, 0.3) is 0 Å². The molecule has 0 atom stereocenters. The molecular weight excluding hydrogens is 270 g/mol. The second-order valence-electron chi connectivity index (χ2n) is 5.15. The van der Waals surface area contributed by atoms with Gasteiger partial charge in [0, 0.05) is 6.42 Å². The lowest BCUT2D eigenvalue weighted by atomic mass is 10.2. The van der Waals surface area contributed by atoms with Gasteiger partial charge in [-0.15, -0.1) is 5.10 Å². The van der Waals surface area contributed by atoms with Crippen LogP contribution in [-0.2, 0) is 6.54 Å². The molecule has 3 nitrogen and oxygen atoms in total. The van der Waals surface area contributed by atoms with Crippen LogP contribution in [0.1, 0.15) is 50.3 Å². The Labute approximate surface area is 132 Å². The molecule has 0 unspecified atom stereocenters. The molecule has 112 valence electrons. The summed E-state index contributed by atoms with van der Waals surface area (Å²) in [6, 6.07) is 10.2. The largest absolute Gasteiger partial charge is 0.247 e. The Bertz CT molecular complexity index is 678. The van der Waals surface area contributed by atoms with Crippen molar-refractivity contribution in [1.82, 2.24) is 15.0 Å². The van der Waals surface area contributed by atoms with E-state index in [-0.39, 0.29) is 0 Å². The number of aromatic nitrogens is 3. The quantitative estimate of drug-likeness (QED) is 0.601. The van der Waals surface area contributed by atoms with Crippen molar-refractivity contribution in [3.63, 3.8) is 0 Å². The van der Waals surface area contributed by atoms with Crippen molar-refractivity contribution in [2.75, 3.05) is 0 Å². The van der Waals surface area contributed by atoms with Crippen LogP contribution in [0.2, 0.25) is 0 Å². The van der Waals surface area contributed by atoms with Crippen LogP contribution in [0, 0.1) is 23.7 Å². The van der Waals surface area contributed by atoms with Gasteiger partial charge in [-0.2, -0.15) is 0 Å². The fourth-order valence-corrected chi connectivity index (χ4v) is 2.05. The monoisotopic (exact) mass is 291 g/mol. The molecule has 0 aliphatic heterocycles. The molecular formula is C19H21N3. The van der Waals surface area contributed by atoms with Crippen LogP contribution in [0.5, 0.6) is 0 Å². The number of hydrogen-bond acceptors (Lipinski definition) is 2. The van der Waals surface area contributed by atoms with Gasteiger partial charge >= 0.3 is 0 Å². The predicted molar refractivity (Wildman–Crippen MR) is 89.0 cm³/mol. The Morgan fingerprint density at radius 1 is 1.05 bits per heavy atom. The van der Waals surface area contributed by atoms with E-state index in [9.17, 15) is 0 Å². The van der Waals surface area contributed by atoms with Crippen molar-refractivity contribution < 1.29 is 0 Å². The van der Waals surface area contributed by atoms with E-state index in [1.807, 2.05) is 24.4 Å². The Morgan fingerprint density at radius 3 is 2.73 bits per heavy atom. The molecule has 2 aromatic rings. The van der Waals surface area contributed by atoms with E-state index in [1.165, 1.54) is 24.8 Å². The second kappa shape index (κ2) is 9.42. The molecule has 0 saturated carbocycles. The number of benzene rings is 1. The average molecular weight is 291 g/mol. The zero-order chi connectivity index (χ0) is 15.5. The molecule has 22 heavy (non-hydrogen) atoms. The maximum Gasteiger partial charge on any atom is 0.156 e. The zero-order valence-electron chi connectivity index (χ0n) is 13.0. The van der Waals surface area contributed by atoms with Crippen LogP contribution < -0.4 is 0 Å². The lowest BCUT2D eigenvalue weighted by Crippen LogP contribution is -1.99. The minimum atomic E-state index is 0.663. The van der Waals surface area contributed by atoms with E-state index in [4.69, 9.17) is 0 Å². The summed E-state index contributed by atoms with van der Waals surface area (Å²) < 4.78 is 1.79. The third kappa shape index (κ3) is 5.85. The Hall–Kier alpha value is -2.52. The van der Waals surface area contributed by atoms with E-state index in [0.29, 0.717) is 12.2 Å². The van der Waals surface area contributed by atoms with E-state index in [0.717, 1.165) is 12.8 Å². The van der Waals surface area contributed by atoms with Crippen LogP contribution in [0.3, 0.4) is 0 Å². The maximum absolute atomic E-state index is 4.08. The fraction of sp³-hybridized carbons (Fsp3) is 0.368. The number of unbranched alkanes of at least 4 members (excludes halogenated alkanes) is 4. The van der Waals surface area contributed by atoms with Crippen molar-refractivity contribution in [1.29, 1.82) is 0 Å². The smallest absolute Gasteiger partial charge is 0.156 e. The van der Waals surface area contributed by atoms with Gasteiger partial charge in [0.2, 0.25) is 0 Å². The lowest BCUT2D eigenvalue weighted by Gasteiger charge is -1.98. The van der Waals surface area contributed by atoms with Gasteiger partial charge in [0.1, 0.15) is 0 Å². The van der Waals surface area contributed by atoms with Crippen molar-refractivity contribution in [2.24, 2.45) is 0 Å². The normalized spacial score (nSPS) is 9.50. The van der Waals surface area contributed by atoms with Gasteiger partial charge in [0.15, 0.2) is 5.69 Å². The standard InChI is InChI=1S/C19H21N3/c1-2-3-4-5-6-7-8-12-15-19-17-22(21-20-19)16-18-13-10-9-11-14-18/h9-11,13-14,17H,2-6,16H2,1H3. The molecule has 0 radical (unpaired) electrons. The molecule has 1 aromatic heterocycles. The SMILES string of the molecule is CCCCCCC#CC#Cc1cn(Cc2ccccc2)nn1. The van der Waals surface area contributed by atoms with Gasteiger partial charge in [-0.05, 0) is 29.7 Å². The molecule has 3 heteroatoms. The number of hydrogen-bond donors (Lipinski definition) is 0. The summed E-state index contributed by atoms with van der Waals surface area (Å²) in [5.41, 5.74) is 1.86. The van der Waals surface area contributed by atoms with Gasteiger partial charge in [-0.25, -0.2) is 4.68 Å². The lowest BCUT2D eigenvalue weighted by molar-refractivity contribution is 0.649. The third-order valence-corrected chi connectivity index (χ3v) is 3.22. The van der Waals surface area contributed by atoms with Gasteiger partial charge in [0.25, 0.3) is 0 Å². The van der Waals surface area contributed by atoms with Crippen molar-refractivity contribution in [2.45, 2.75) is 45.6 Å². The highest BCUT2D eigenvalue weighted by molar-refractivity contribution is 5.34. The minimum Gasteiger partial charge on any atom is -0.247 e. The highest BCUT2D eigenvalue weighted by Gasteiger charge is 1.98. The highest BCUT2D eigenvalue weighted by Crippen LogP contribution is 2.02. The van der Waals surface area contributed by atoms with Crippen LogP contribution >= 0.6 is 0 Å². The van der Waals surface area contributed by atoms with Crippen molar-refractivity contribution in [3.05, 3.63) is 47.8 Å². The molecule has 0 saturated heterocycles. The average Bonchev–Trinajstić information content (AvgIpc) is 2.98. The van der Waals surface area contributed by atoms with Crippen molar-refractivity contribution in [3.8, 4) is 23.7 Å². The minimum absolute atomic E-state index is 0.663. The van der Waals surface area contributed by atoms with E-state index < -0.39 is 0 Å². The summed E-state index contributed by atoms with van der Waals surface area (Å²) >= 11 is 0. The van der Waals surface area contributed by atoms with E-state index in [1.54, 1.807) is 4.68 Å². The molecule has 0 aliphatic rings. The second-order valence-corrected chi connectivity index (χ2v) is 5.15. The fourth-order valence-electron chi connectivity index (χ4n) is 2.05. The molecule has 1 heterocycles. The summed E-state index contributed by atoms with van der Waals surface area (Å²) in [5, 5.41) is 8.12. The van der Waals surface area contributed by atoms with Gasteiger partial charge in [0.05, 0.1) is 12.7 Å². The predicted octanol–water partition coefficient (Wildman–Crippen LogP) is 3.65. The Kier molecular flexibility index (Phi) is 6.79. The summed E-state index contributed by atoms with van der Waals surface area (Å²) in [4.78, 5) is 0. The number of rotatable bonds is 6. The molecule has 0 spiro atoms. The highest BCUT2D eigenvalue weighted by atomic mass is 15.4. The molecule has 1 aromatic carbocycles. The summed E-state index contributed by atoms with van der Waals surface area (Å²) in [6.07, 6.45) is 7.74. The summed E-state index contributed by atoms with van der Waals surface area (Å²) in [5.74, 6) is 11.7. The van der Waals surface area contributed by atoms with Crippen LogP contribution in [-0.4, -0.2) is 15.0 Å². The first-order valence-electron chi connectivity index (χ1n) is 7.81. The molecule has 0 fully saturated rings. The van der Waals surface area contributed by atoms with Crippen LogP contribution in [0.4, 0.5) is 0 Å². The molecule has 2 rings (SSSR count). The molecule has 0 N–H and O–H groups in total. The Balaban J connectivity index is 1.80. The molecule has 0 bridgehead atoms. The van der Waals surface area contributed by atoms with E-state index in [2.05, 4.69) is 53.1 Å². The Morgan fingerprint density at radius 2 is 1.91 bits per heavy atom. The summed E-state index contributed by atoms with van der Waals surface area (Å²) in [7, 11) is 0. The zero-order valence-corrected chi connectivity index (χ0v) is 13.0. The molecule has 0 aliphatic carbocycles. The maximum atomic E-state index is 4.08. The first-order chi connectivity index (χ1) is 10.9. The van der Waals surface area contributed by atoms with Crippen molar-refractivity contribution >= 4 is 0 Å². The topological polar surface area (TPSA) is 30.7 Å². The van der Waals surface area contributed by atoms with E-state index >= 15 is 0 Å². The third-order valence-electron chi connectivity index (χ3n) is 3.22. The first-order valence-corrected chi connectivity index (χ1v) is 7.81.